The quantitative estimate of drug-likeness (QED) is 0.924. The molecule has 1 aliphatic rings. The number of aliphatic hydroxyl groups is 1. The molecule has 0 aliphatic carbocycles. The molecule has 0 bridgehead atoms. The van der Waals surface area contributed by atoms with Crippen LogP contribution in [0.25, 0.3) is 5.76 Å². The van der Waals surface area contributed by atoms with Gasteiger partial charge in [-0.3, -0.25) is 0 Å². The van der Waals surface area contributed by atoms with Crippen molar-refractivity contribution in [3.8, 4) is 12.1 Å². The number of hydrogen-bond acceptors (Lipinski definition) is 4. The van der Waals surface area contributed by atoms with E-state index in [2.05, 4.69) is 12.1 Å². The van der Waals surface area contributed by atoms with E-state index in [0.29, 0.717) is 23.3 Å². The second-order valence-electron chi connectivity index (χ2n) is 6.01. The summed E-state index contributed by atoms with van der Waals surface area (Å²) in [6.07, 6.45) is -0.322. The van der Waals surface area contributed by atoms with Crippen molar-refractivity contribution in [2.24, 2.45) is 5.92 Å². The molecule has 0 amide bonds. The van der Waals surface area contributed by atoms with Crippen LogP contribution in [0.15, 0.2) is 60.2 Å². The number of hydrogen-bond donors (Lipinski definition) is 1. The summed E-state index contributed by atoms with van der Waals surface area (Å²) < 4.78 is 5.74. The molecule has 1 N–H and O–H groups in total. The zero-order valence-corrected chi connectivity index (χ0v) is 13.9. The van der Waals surface area contributed by atoms with Gasteiger partial charge in [-0.25, -0.2) is 0 Å². The fraction of sp³-hybridized carbons (Fsp3) is 0.238. The van der Waals surface area contributed by atoms with Crippen molar-refractivity contribution in [3.63, 3.8) is 0 Å². The second kappa shape index (κ2) is 7.21. The Bertz CT molecular complexity index is 858. The number of allylic oxidation sites excluding steroid dienone is 1. The van der Waals surface area contributed by atoms with Crippen molar-refractivity contribution >= 4 is 5.76 Å². The predicted molar refractivity (Wildman–Crippen MR) is 93.7 cm³/mol. The SMILES string of the molecule is CC[C@H]1C(O)OC(c2ccccc2)=C(C#N)[C@@H]1c1ccc(C#N)cc1. The van der Waals surface area contributed by atoms with E-state index in [4.69, 9.17) is 10.00 Å². The summed E-state index contributed by atoms with van der Waals surface area (Å²) in [6, 6.07) is 20.9. The third-order valence-electron chi connectivity index (χ3n) is 4.62. The number of nitriles is 2. The Morgan fingerprint density at radius 2 is 1.68 bits per heavy atom. The summed E-state index contributed by atoms with van der Waals surface area (Å²) in [5.41, 5.74) is 2.74. The zero-order chi connectivity index (χ0) is 17.8. The van der Waals surface area contributed by atoms with Crippen molar-refractivity contribution in [1.82, 2.24) is 0 Å². The minimum atomic E-state index is -0.988. The highest BCUT2D eigenvalue weighted by Gasteiger charge is 2.39. The van der Waals surface area contributed by atoms with Gasteiger partial charge in [-0.1, -0.05) is 49.4 Å². The second-order valence-corrected chi connectivity index (χ2v) is 6.01. The van der Waals surface area contributed by atoms with Crippen molar-refractivity contribution < 1.29 is 9.84 Å². The lowest BCUT2D eigenvalue weighted by atomic mass is 9.76. The van der Waals surface area contributed by atoms with E-state index in [1.54, 1.807) is 12.1 Å². The highest BCUT2D eigenvalue weighted by atomic mass is 16.6. The Morgan fingerprint density at radius 1 is 1.00 bits per heavy atom. The first-order chi connectivity index (χ1) is 12.2. The maximum Gasteiger partial charge on any atom is 0.201 e. The molecule has 1 aliphatic heterocycles. The molecule has 0 saturated carbocycles. The van der Waals surface area contributed by atoms with Crippen LogP contribution in [0, 0.1) is 28.6 Å². The van der Waals surface area contributed by atoms with Crippen LogP contribution in [-0.4, -0.2) is 11.4 Å². The average molecular weight is 330 g/mol. The van der Waals surface area contributed by atoms with Gasteiger partial charge >= 0.3 is 0 Å². The van der Waals surface area contributed by atoms with Crippen LogP contribution in [0.2, 0.25) is 0 Å². The lowest BCUT2D eigenvalue weighted by molar-refractivity contribution is -0.0961. The first-order valence-electron chi connectivity index (χ1n) is 8.24. The van der Waals surface area contributed by atoms with Crippen LogP contribution in [-0.2, 0) is 4.74 Å². The molecule has 0 radical (unpaired) electrons. The summed E-state index contributed by atoms with van der Waals surface area (Å²) in [6.45, 7) is 1.97. The molecule has 1 unspecified atom stereocenters. The van der Waals surface area contributed by atoms with Gasteiger partial charge in [0.15, 0.2) is 0 Å². The summed E-state index contributed by atoms with van der Waals surface area (Å²) in [5, 5.41) is 29.4. The van der Waals surface area contributed by atoms with Gasteiger partial charge in [-0.15, -0.1) is 0 Å². The Labute approximate surface area is 147 Å². The lowest BCUT2D eigenvalue weighted by Gasteiger charge is -2.36. The normalized spacial score (nSPS) is 22.6. The van der Waals surface area contributed by atoms with Crippen molar-refractivity contribution in [2.45, 2.75) is 25.6 Å². The molecule has 0 aromatic heterocycles. The minimum Gasteiger partial charge on any atom is -0.463 e. The van der Waals surface area contributed by atoms with Gasteiger partial charge in [-0.2, -0.15) is 10.5 Å². The Kier molecular flexibility index (Phi) is 4.84. The third kappa shape index (κ3) is 3.13. The maximum absolute atomic E-state index is 10.5. The van der Waals surface area contributed by atoms with E-state index < -0.39 is 6.29 Å². The van der Waals surface area contributed by atoms with Gasteiger partial charge in [0.1, 0.15) is 5.76 Å². The summed E-state index contributed by atoms with van der Waals surface area (Å²) in [4.78, 5) is 0. The molecule has 2 aromatic rings. The van der Waals surface area contributed by atoms with Crippen molar-refractivity contribution in [3.05, 3.63) is 76.9 Å². The molecule has 3 atom stereocenters. The monoisotopic (exact) mass is 330 g/mol. The van der Waals surface area contributed by atoms with Crippen molar-refractivity contribution in [1.29, 1.82) is 10.5 Å². The van der Waals surface area contributed by atoms with Crippen LogP contribution >= 0.6 is 0 Å². The number of rotatable bonds is 3. The maximum atomic E-state index is 10.5. The molecule has 124 valence electrons. The van der Waals surface area contributed by atoms with Gasteiger partial charge in [-0.05, 0) is 24.1 Å². The van der Waals surface area contributed by atoms with Crippen LogP contribution < -0.4 is 0 Å². The molecule has 0 saturated heterocycles. The molecule has 3 rings (SSSR count). The number of nitrogens with zero attached hydrogens (tertiary/aromatic N) is 2. The lowest BCUT2D eigenvalue weighted by Crippen LogP contribution is -2.34. The van der Waals surface area contributed by atoms with Crippen molar-refractivity contribution in [2.75, 3.05) is 0 Å². The highest BCUT2D eigenvalue weighted by Crippen LogP contribution is 2.44. The van der Waals surface area contributed by atoms with Crippen LogP contribution in [0.5, 0.6) is 0 Å². The molecule has 4 heteroatoms. The largest absolute Gasteiger partial charge is 0.463 e. The topological polar surface area (TPSA) is 77.0 Å². The summed E-state index contributed by atoms with van der Waals surface area (Å²) >= 11 is 0. The van der Waals surface area contributed by atoms with E-state index in [1.165, 1.54) is 0 Å². The average Bonchev–Trinajstić information content (AvgIpc) is 2.68. The van der Waals surface area contributed by atoms with Gasteiger partial charge in [0, 0.05) is 17.4 Å². The standard InChI is InChI=1S/C21H18N2O2/c1-2-17-19(15-10-8-14(12-22)9-11-15)18(13-23)20(25-21(17)24)16-6-4-3-5-7-16/h3-11,17,19,21,24H,2H2,1H3/t17-,19-,21?/m1/s1. The number of ether oxygens (including phenoxy) is 1. The van der Waals surface area contributed by atoms with E-state index in [-0.39, 0.29) is 11.8 Å². The van der Waals surface area contributed by atoms with E-state index in [9.17, 15) is 10.4 Å². The number of benzene rings is 2. The van der Waals surface area contributed by atoms with Gasteiger partial charge in [0.05, 0.1) is 23.3 Å². The van der Waals surface area contributed by atoms with Crippen LogP contribution in [0.1, 0.15) is 36.0 Å². The third-order valence-corrected chi connectivity index (χ3v) is 4.62. The first kappa shape index (κ1) is 16.8. The summed E-state index contributed by atoms with van der Waals surface area (Å²) in [7, 11) is 0. The predicted octanol–water partition coefficient (Wildman–Crippen LogP) is 3.95. The highest BCUT2D eigenvalue weighted by molar-refractivity contribution is 5.70. The Balaban J connectivity index is 2.16. The van der Waals surface area contributed by atoms with E-state index in [0.717, 1.165) is 11.1 Å². The smallest absolute Gasteiger partial charge is 0.201 e. The molecule has 0 spiro atoms. The number of aliphatic hydroxyl groups excluding tert-OH is 1. The molecule has 0 fully saturated rings. The summed E-state index contributed by atoms with van der Waals surface area (Å²) in [5.74, 6) is -0.0774. The fourth-order valence-electron chi connectivity index (χ4n) is 3.34. The van der Waals surface area contributed by atoms with Gasteiger partial charge in [0.2, 0.25) is 6.29 Å². The fourth-order valence-corrected chi connectivity index (χ4v) is 3.34. The van der Waals surface area contributed by atoms with Gasteiger partial charge in [0.25, 0.3) is 0 Å². The Hall–Kier alpha value is -3.08. The molecule has 4 nitrogen and oxygen atoms in total. The minimum absolute atomic E-state index is 0.227. The van der Waals surface area contributed by atoms with Crippen LogP contribution in [0.4, 0.5) is 0 Å². The van der Waals surface area contributed by atoms with E-state index in [1.807, 2.05) is 49.4 Å². The molecular formula is C21H18N2O2. The Morgan fingerprint density at radius 3 is 2.24 bits per heavy atom. The molecule has 2 aromatic carbocycles. The van der Waals surface area contributed by atoms with Crippen LogP contribution in [0.3, 0.4) is 0 Å². The molecular weight excluding hydrogens is 312 g/mol. The molecule has 25 heavy (non-hydrogen) atoms. The zero-order valence-electron chi connectivity index (χ0n) is 13.9. The first-order valence-corrected chi connectivity index (χ1v) is 8.24. The van der Waals surface area contributed by atoms with E-state index >= 15 is 0 Å². The van der Waals surface area contributed by atoms with Gasteiger partial charge < -0.3 is 9.84 Å². The molecule has 1 heterocycles.